The Hall–Kier alpha value is -2.00. The highest BCUT2D eigenvalue weighted by Crippen LogP contribution is 2.31. The summed E-state index contributed by atoms with van der Waals surface area (Å²) in [5.74, 6) is 1.67. The van der Waals surface area contributed by atoms with Crippen LogP contribution in [0.15, 0.2) is 30.3 Å². The molecule has 0 aliphatic heterocycles. The normalized spacial score (nSPS) is 12.1. The lowest BCUT2D eigenvalue weighted by Crippen LogP contribution is -2.04. The number of aryl methyl sites for hydroxylation is 3. The lowest BCUT2D eigenvalue weighted by molar-refractivity contribution is 0.219. The number of benzene rings is 2. The number of hydrogen-bond acceptors (Lipinski definition) is 3. The monoisotopic (exact) mass is 286 g/mol. The summed E-state index contributed by atoms with van der Waals surface area (Å²) in [5.41, 5.74) is 4.80. The summed E-state index contributed by atoms with van der Waals surface area (Å²) >= 11 is 0. The molecule has 0 radical (unpaired) electrons. The van der Waals surface area contributed by atoms with Crippen molar-refractivity contribution in [2.24, 2.45) is 0 Å². The minimum atomic E-state index is -0.654. The molecule has 0 saturated carbocycles. The molecule has 0 aliphatic carbocycles. The predicted octanol–water partition coefficient (Wildman–Crippen LogP) is 3.71. The third kappa shape index (κ3) is 3.03. The van der Waals surface area contributed by atoms with Gasteiger partial charge in [0.1, 0.15) is 17.6 Å². The average Bonchev–Trinajstić information content (AvgIpc) is 2.48. The van der Waals surface area contributed by atoms with Crippen LogP contribution >= 0.6 is 0 Å². The van der Waals surface area contributed by atoms with Crippen molar-refractivity contribution in [2.45, 2.75) is 26.9 Å². The van der Waals surface area contributed by atoms with Gasteiger partial charge < -0.3 is 14.6 Å². The first-order valence-corrected chi connectivity index (χ1v) is 6.95. The molecule has 0 bridgehead atoms. The zero-order valence-corrected chi connectivity index (χ0v) is 13.2. The first-order valence-electron chi connectivity index (χ1n) is 6.95. The summed E-state index contributed by atoms with van der Waals surface area (Å²) in [6.07, 6.45) is -0.654. The van der Waals surface area contributed by atoms with E-state index in [4.69, 9.17) is 9.47 Å². The highest BCUT2D eigenvalue weighted by Gasteiger charge is 2.16. The summed E-state index contributed by atoms with van der Waals surface area (Å²) < 4.78 is 10.6. The molecular weight excluding hydrogens is 264 g/mol. The number of aliphatic hydroxyl groups is 1. The molecule has 1 N–H and O–H groups in total. The van der Waals surface area contributed by atoms with Crippen molar-refractivity contribution < 1.29 is 14.6 Å². The number of hydrogen-bond donors (Lipinski definition) is 1. The molecule has 0 spiro atoms. The number of rotatable bonds is 4. The Morgan fingerprint density at radius 1 is 0.810 bits per heavy atom. The summed E-state index contributed by atoms with van der Waals surface area (Å²) in [4.78, 5) is 0. The molecule has 0 saturated heterocycles. The van der Waals surface area contributed by atoms with Gasteiger partial charge in [-0.3, -0.25) is 0 Å². The average molecular weight is 286 g/mol. The summed E-state index contributed by atoms with van der Waals surface area (Å²) in [6.45, 7) is 5.94. The molecule has 0 aromatic heterocycles. The van der Waals surface area contributed by atoms with Gasteiger partial charge in [-0.15, -0.1) is 0 Å². The molecular formula is C18H22O3. The Morgan fingerprint density at radius 3 is 2.00 bits per heavy atom. The Kier molecular flexibility index (Phi) is 4.53. The first-order chi connectivity index (χ1) is 9.97. The summed E-state index contributed by atoms with van der Waals surface area (Å²) in [6, 6.07) is 9.69. The largest absolute Gasteiger partial charge is 0.496 e. The number of ether oxygens (including phenoxy) is 2. The van der Waals surface area contributed by atoms with Crippen LogP contribution in [0.2, 0.25) is 0 Å². The third-order valence-electron chi connectivity index (χ3n) is 3.81. The van der Waals surface area contributed by atoms with E-state index in [2.05, 4.69) is 0 Å². The van der Waals surface area contributed by atoms with Crippen molar-refractivity contribution in [3.63, 3.8) is 0 Å². The topological polar surface area (TPSA) is 38.7 Å². The highest BCUT2D eigenvalue weighted by molar-refractivity contribution is 5.46. The van der Waals surface area contributed by atoms with Gasteiger partial charge in [-0.05, 0) is 72.9 Å². The van der Waals surface area contributed by atoms with Gasteiger partial charge in [-0.25, -0.2) is 0 Å². The van der Waals surface area contributed by atoms with Crippen LogP contribution in [-0.4, -0.2) is 19.3 Å². The maximum absolute atomic E-state index is 10.7. The van der Waals surface area contributed by atoms with E-state index in [0.717, 1.165) is 39.3 Å². The van der Waals surface area contributed by atoms with Crippen LogP contribution in [0.25, 0.3) is 0 Å². The maximum Gasteiger partial charge on any atom is 0.122 e. The predicted molar refractivity (Wildman–Crippen MR) is 84.3 cm³/mol. The maximum atomic E-state index is 10.7. The van der Waals surface area contributed by atoms with E-state index < -0.39 is 6.10 Å². The summed E-state index contributed by atoms with van der Waals surface area (Å²) in [7, 11) is 3.31. The van der Waals surface area contributed by atoms with Gasteiger partial charge in [-0.1, -0.05) is 6.07 Å². The van der Waals surface area contributed by atoms with Gasteiger partial charge in [0.2, 0.25) is 0 Å². The quantitative estimate of drug-likeness (QED) is 0.931. The molecule has 0 amide bonds. The zero-order valence-electron chi connectivity index (χ0n) is 13.2. The summed E-state index contributed by atoms with van der Waals surface area (Å²) in [5, 5.41) is 10.7. The fraction of sp³-hybridized carbons (Fsp3) is 0.333. The fourth-order valence-corrected chi connectivity index (χ4v) is 2.58. The van der Waals surface area contributed by atoms with E-state index in [1.807, 2.05) is 51.1 Å². The molecule has 3 heteroatoms. The fourth-order valence-electron chi connectivity index (χ4n) is 2.58. The minimum Gasteiger partial charge on any atom is -0.496 e. The third-order valence-corrected chi connectivity index (χ3v) is 3.81. The Balaban J connectivity index is 2.42. The van der Waals surface area contributed by atoms with E-state index in [1.54, 1.807) is 14.2 Å². The Morgan fingerprint density at radius 2 is 1.43 bits per heavy atom. The van der Waals surface area contributed by atoms with Crippen LogP contribution in [0.4, 0.5) is 0 Å². The second kappa shape index (κ2) is 6.19. The molecule has 2 aromatic rings. The lowest BCUT2D eigenvalue weighted by atomic mass is 9.94. The van der Waals surface area contributed by atoms with Crippen molar-refractivity contribution in [1.29, 1.82) is 0 Å². The molecule has 1 unspecified atom stereocenters. The second-order valence-electron chi connectivity index (χ2n) is 5.31. The molecule has 112 valence electrons. The van der Waals surface area contributed by atoms with Crippen LogP contribution in [0.5, 0.6) is 11.5 Å². The number of aliphatic hydroxyl groups excluding tert-OH is 1. The van der Waals surface area contributed by atoms with Gasteiger partial charge >= 0.3 is 0 Å². The van der Waals surface area contributed by atoms with E-state index in [0.29, 0.717) is 0 Å². The smallest absolute Gasteiger partial charge is 0.122 e. The van der Waals surface area contributed by atoms with Crippen LogP contribution in [-0.2, 0) is 0 Å². The van der Waals surface area contributed by atoms with E-state index in [1.165, 1.54) is 0 Å². The molecule has 3 nitrogen and oxygen atoms in total. The van der Waals surface area contributed by atoms with Gasteiger partial charge in [0.25, 0.3) is 0 Å². The van der Waals surface area contributed by atoms with Crippen molar-refractivity contribution in [2.75, 3.05) is 14.2 Å². The molecule has 21 heavy (non-hydrogen) atoms. The van der Waals surface area contributed by atoms with Crippen molar-refractivity contribution in [3.05, 3.63) is 58.1 Å². The SMILES string of the molecule is COc1ccc(C(O)c2cc(C)c(OC)cc2C)cc1C. The molecule has 2 rings (SSSR count). The first kappa shape index (κ1) is 15.4. The molecule has 1 atom stereocenters. The molecule has 0 heterocycles. The van der Waals surface area contributed by atoms with E-state index in [9.17, 15) is 5.11 Å². The Bertz CT molecular complexity index is 647. The van der Waals surface area contributed by atoms with E-state index in [-0.39, 0.29) is 0 Å². The zero-order chi connectivity index (χ0) is 15.6. The van der Waals surface area contributed by atoms with Crippen molar-refractivity contribution >= 4 is 0 Å². The van der Waals surface area contributed by atoms with Crippen molar-refractivity contribution in [3.8, 4) is 11.5 Å². The highest BCUT2D eigenvalue weighted by atomic mass is 16.5. The standard InChI is InChI=1S/C18H22O3/c1-11-10-17(21-5)13(3)9-15(11)18(19)14-6-7-16(20-4)12(2)8-14/h6-10,18-19H,1-5H3. The van der Waals surface area contributed by atoms with Crippen LogP contribution < -0.4 is 9.47 Å². The van der Waals surface area contributed by atoms with Crippen molar-refractivity contribution in [1.82, 2.24) is 0 Å². The second-order valence-corrected chi connectivity index (χ2v) is 5.31. The lowest BCUT2D eigenvalue weighted by Gasteiger charge is -2.18. The van der Waals surface area contributed by atoms with Crippen LogP contribution in [0.3, 0.4) is 0 Å². The van der Waals surface area contributed by atoms with Gasteiger partial charge in [0.05, 0.1) is 14.2 Å². The minimum absolute atomic E-state index is 0.654. The molecule has 2 aromatic carbocycles. The van der Waals surface area contributed by atoms with Crippen LogP contribution in [0, 0.1) is 20.8 Å². The molecule has 0 fully saturated rings. The Labute approximate surface area is 126 Å². The molecule has 0 aliphatic rings. The van der Waals surface area contributed by atoms with Gasteiger partial charge in [0, 0.05) is 0 Å². The number of methoxy groups -OCH3 is 2. The van der Waals surface area contributed by atoms with Crippen LogP contribution in [0.1, 0.15) is 33.9 Å². The van der Waals surface area contributed by atoms with Gasteiger partial charge in [-0.2, -0.15) is 0 Å². The van der Waals surface area contributed by atoms with E-state index >= 15 is 0 Å². The van der Waals surface area contributed by atoms with Gasteiger partial charge in [0.15, 0.2) is 0 Å².